The molecule has 26 heavy (non-hydrogen) atoms. The molecule has 0 aliphatic rings. The highest BCUT2D eigenvalue weighted by molar-refractivity contribution is 6.03. The Labute approximate surface area is 152 Å². The first kappa shape index (κ1) is 17.6. The number of aryl methyl sites for hydroxylation is 2. The van der Waals surface area contributed by atoms with Crippen LogP contribution < -0.4 is 14.8 Å². The average molecular weight is 351 g/mol. The molecule has 0 fully saturated rings. The summed E-state index contributed by atoms with van der Waals surface area (Å²) in [7, 11) is 1.56. The van der Waals surface area contributed by atoms with Crippen LogP contribution in [0, 0.1) is 13.8 Å². The van der Waals surface area contributed by atoms with Gasteiger partial charge in [0.25, 0.3) is 5.91 Å². The van der Waals surface area contributed by atoms with Crippen molar-refractivity contribution < 1.29 is 18.7 Å². The maximum Gasteiger partial charge on any atom is 0.291 e. The van der Waals surface area contributed by atoms with E-state index in [0.717, 1.165) is 16.9 Å². The zero-order valence-corrected chi connectivity index (χ0v) is 15.0. The highest BCUT2D eigenvalue weighted by Gasteiger charge is 2.14. The molecule has 1 heterocycles. The van der Waals surface area contributed by atoms with Crippen molar-refractivity contribution in [2.24, 2.45) is 0 Å². The molecule has 0 aliphatic carbocycles. The third kappa shape index (κ3) is 4.06. The summed E-state index contributed by atoms with van der Waals surface area (Å²) < 4.78 is 16.6. The SMILES string of the molecule is COc1ccccc1NC(=O)c1ccc(COc2cc(C)ccc2C)o1. The largest absolute Gasteiger partial charge is 0.495 e. The lowest BCUT2D eigenvalue weighted by Crippen LogP contribution is -2.11. The van der Waals surface area contributed by atoms with Crippen molar-refractivity contribution in [3.05, 3.63) is 77.2 Å². The number of carbonyl (C=O) groups excluding carboxylic acids is 1. The minimum atomic E-state index is -0.340. The van der Waals surface area contributed by atoms with Crippen molar-refractivity contribution in [3.63, 3.8) is 0 Å². The van der Waals surface area contributed by atoms with Crippen LogP contribution in [0.15, 0.2) is 59.0 Å². The van der Waals surface area contributed by atoms with Crippen molar-refractivity contribution in [2.45, 2.75) is 20.5 Å². The number of benzene rings is 2. The van der Waals surface area contributed by atoms with Crippen molar-refractivity contribution in [2.75, 3.05) is 12.4 Å². The molecule has 2 aromatic carbocycles. The molecule has 0 radical (unpaired) electrons. The van der Waals surface area contributed by atoms with E-state index in [4.69, 9.17) is 13.9 Å². The fraction of sp³-hybridized carbons (Fsp3) is 0.190. The van der Waals surface area contributed by atoms with Crippen LogP contribution in [0.2, 0.25) is 0 Å². The number of ether oxygens (including phenoxy) is 2. The Kier molecular flexibility index (Phi) is 5.27. The number of nitrogens with one attached hydrogen (secondary N) is 1. The molecule has 3 rings (SSSR count). The number of carbonyl (C=O) groups is 1. The number of amides is 1. The summed E-state index contributed by atoms with van der Waals surface area (Å²) in [6, 6.07) is 16.6. The van der Waals surface area contributed by atoms with Gasteiger partial charge in [-0.2, -0.15) is 0 Å². The van der Waals surface area contributed by atoms with Crippen LogP contribution in [0.4, 0.5) is 5.69 Å². The highest BCUT2D eigenvalue weighted by Crippen LogP contribution is 2.24. The molecule has 1 amide bonds. The fourth-order valence-electron chi connectivity index (χ4n) is 2.52. The fourth-order valence-corrected chi connectivity index (χ4v) is 2.52. The summed E-state index contributed by atoms with van der Waals surface area (Å²) >= 11 is 0. The van der Waals surface area contributed by atoms with Gasteiger partial charge in [0.1, 0.15) is 23.9 Å². The van der Waals surface area contributed by atoms with E-state index >= 15 is 0 Å². The van der Waals surface area contributed by atoms with Gasteiger partial charge in [-0.15, -0.1) is 0 Å². The van der Waals surface area contributed by atoms with Gasteiger partial charge in [0, 0.05) is 0 Å². The van der Waals surface area contributed by atoms with E-state index in [2.05, 4.69) is 5.32 Å². The van der Waals surface area contributed by atoms with Gasteiger partial charge in [0.15, 0.2) is 5.76 Å². The monoisotopic (exact) mass is 351 g/mol. The van der Waals surface area contributed by atoms with E-state index < -0.39 is 0 Å². The molecule has 0 unspecified atom stereocenters. The molecular formula is C21H21NO4. The minimum Gasteiger partial charge on any atom is -0.495 e. The van der Waals surface area contributed by atoms with E-state index in [0.29, 0.717) is 17.2 Å². The van der Waals surface area contributed by atoms with Gasteiger partial charge in [-0.05, 0) is 55.3 Å². The molecule has 3 aromatic rings. The maximum atomic E-state index is 12.4. The third-order valence-corrected chi connectivity index (χ3v) is 3.95. The summed E-state index contributed by atoms with van der Waals surface area (Å²) in [5, 5.41) is 2.78. The number of furan rings is 1. The number of anilines is 1. The van der Waals surface area contributed by atoms with Crippen LogP contribution in [0.5, 0.6) is 11.5 Å². The van der Waals surface area contributed by atoms with Crippen molar-refractivity contribution in [1.29, 1.82) is 0 Å². The van der Waals surface area contributed by atoms with Crippen molar-refractivity contribution in [3.8, 4) is 11.5 Å². The van der Waals surface area contributed by atoms with Crippen molar-refractivity contribution in [1.82, 2.24) is 0 Å². The van der Waals surface area contributed by atoms with Crippen LogP contribution in [0.25, 0.3) is 0 Å². The second-order valence-electron chi connectivity index (χ2n) is 5.98. The number of methoxy groups -OCH3 is 1. The van der Waals surface area contributed by atoms with Crippen molar-refractivity contribution >= 4 is 11.6 Å². The van der Waals surface area contributed by atoms with Gasteiger partial charge in [-0.3, -0.25) is 4.79 Å². The molecular weight excluding hydrogens is 330 g/mol. The lowest BCUT2D eigenvalue weighted by atomic mass is 10.1. The number of para-hydroxylation sites is 2. The normalized spacial score (nSPS) is 10.4. The van der Waals surface area contributed by atoms with Crippen LogP contribution in [-0.4, -0.2) is 13.0 Å². The first-order chi connectivity index (χ1) is 12.6. The zero-order valence-electron chi connectivity index (χ0n) is 15.0. The van der Waals surface area contributed by atoms with Gasteiger partial charge >= 0.3 is 0 Å². The number of hydrogen-bond acceptors (Lipinski definition) is 4. The Hall–Kier alpha value is -3.21. The van der Waals surface area contributed by atoms with Crippen LogP contribution >= 0.6 is 0 Å². The zero-order chi connectivity index (χ0) is 18.5. The van der Waals surface area contributed by atoms with Gasteiger partial charge in [-0.1, -0.05) is 24.3 Å². The van der Waals surface area contributed by atoms with Gasteiger partial charge in [0.05, 0.1) is 12.8 Å². The predicted molar refractivity (Wildman–Crippen MR) is 99.9 cm³/mol. The minimum absolute atomic E-state index is 0.218. The molecule has 0 aliphatic heterocycles. The standard InChI is InChI=1S/C21H21NO4/c1-14-8-9-15(2)20(12-14)25-13-16-10-11-19(26-16)21(23)22-17-6-4-5-7-18(17)24-3/h4-12H,13H2,1-3H3,(H,22,23). The molecule has 0 bridgehead atoms. The van der Waals surface area contributed by atoms with Crippen LogP contribution in [-0.2, 0) is 6.61 Å². The van der Waals surface area contributed by atoms with Crippen LogP contribution in [0.3, 0.4) is 0 Å². The summed E-state index contributed by atoms with van der Waals surface area (Å²) in [5.41, 5.74) is 2.77. The molecule has 134 valence electrons. The topological polar surface area (TPSA) is 60.7 Å². The molecule has 0 saturated carbocycles. The second-order valence-corrected chi connectivity index (χ2v) is 5.98. The molecule has 0 spiro atoms. The smallest absolute Gasteiger partial charge is 0.291 e. The molecule has 1 aromatic heterocycles. The lowest BCUT2D eigenvalue weighted by molar-refractivity contribution is 0.0992. The Balaban J connectivity index is 1.65. The number of hydrogen-bond donors (Lipinski definition) is 1. The summed E-state index contributed by atoms with van der Waals surface area (Å²) in [6.07, 6.45) is 0. The summed E-state index contributed by atoms with van der Waals surface area (Å²) in [5.74, 6) is 1.85. The van der Waals surface area contributed by atoms with Gasteiger partial charge < -0.3 is 19.2 Å². The Morgan fingerprint density at radius 3 is 2.65 bits per heavy atom. The molecule has 0 atom stereocenters. The van der Waals surface area contributed by atoms with E-state index in [1.807, 2.05) is 44.2 Å². The van der Waals surface area contributed by atoms with E-state index in [1.165, 1.54) is 0 Å². The lowest BCUT2D eigenvalue weighted by Gasteiger charge is -2.09. The quantitative estimate of drug-likeness (QED) is 0.697. The predicted octanol–water partition coefficient (Wildman–Crippen LogP) is 4.74. The summed E-state index contributed by atoms with van der Waals surface area (Å²) in [4.78, 5) is 12.4. The summed E-state index contributed by atoms with van der Waals surface area (Å²) in [6.45, 7) is 4.26. The first-order valence-corrected chi connectivity index (χ1v) is 8.30. The van der Waals surface area contributed by atoms with E-state index in [-0.39, 0.29) is 18.3 Å². The third-order valence-electron chi connectivity index (χ3n) is 3.95. The number of rotatable bonds is 6. The second kappa shape index (κ2) is 7.78. The average Bonchev–Trinajstić information content (AvgIpc) is 3.12. The highest BCUT2D eigenvalue weighted by atomic mass is 16.5. The van der Waals surface area contributed by atoms with Gasteiger partial charge in [0.2, 0.25) is 0 Å². The molecule has 0 saturated heterocycles. The molecule has 5 nitrogen and oxygen atoms in total. The Morgan fingerprint density at radius 2 is 1.85 bits per heavy atom. The maximum absolute atomic E-state index is 12.4. The molecule has 1 N–H and O–H groups in total. The Morgan fingerprint density at radius 1 is 1.04 bits per heavy atom. The van der Waals surface area contributed by atoms with E-state index in [9.17, 15) is 4.79 Å². The van der Waals surface area contributed by atoms with E-state index in [1.54, 1.807) is 31.4 Å². The first-order valence-electron chi connectivity index (χ1n) is 8.30. The Bertz CT molecular complexity index is 914. The van der Waals surface area contributed by atoms with Crippen LogP contribution in [0.1, 0.15) is 27.4 Å². The van der Waals surface area contributed by atoms with Gasteiger partial charge in [-0.25, -0.2) is 0 Å². The molecule has 5 heteroatoms.